The quantitative estimate of drug-likeness (QED) is 0.836. The Balaban J connectivity index is 2.24. The molecule has 0 N–H and O–H groups in total. The van der Waals surface area contributed by atoms with Crippen LogP contribution in [0.4, 0.5) is 4.39 Å². The number of rotatable bonds is 5. The number of nitrogens with zero attached hydrogens (tertiary/aromatic N) is 1. The number of hydrogen-bond acceptors (Lipinski definition) is 3. The number of ether oxygens (including phenoxy) is 1. The Bertz CT molecular complexity index is 780. The molecule has 118 valence electrons. The molecule has 0 saturated carbocycles. The van der Waals surface area contributed by atoms with Gasteiger partial charge < -0.3 is 4.74 Å². The molecule has 0 unspecified atom stereocenters. The fourth-order valence-corrected chi connectivity index (χ4v) is 3.42. The third-order valence-corrected chi connectivity index (χ3v) is 5.16. The van der Waals surface area contributed by atoms with Gasteiger partial charge in [0.1, 0.15) is 0 Å². The normalized spacial score (nSPS) is 11.7. The van der Waals surface area contributed by atoms with Gasteiger partial charge in [-0.2, -0.15) is 4.31 Å². The third kappa shape index (κ3) is 3.58. The van der Waals surface area contributed by atoms with E-state index in [1.54, 1.807) is 18.2 Å². The number of benzene rings is 2. The molecular formula is C15H15ClFNO3S. The maximum atomic E-state index is 13.7. The maximum absolute atomic E-state index is 13.7. The van der Waals surface area contributed by atoms with Gasteiger partial charge in [-0.15, -0.1) is 0 Å². The van der Waals surface area contributed by atoms with Crippen molar-refractivity contribution in [3.8, 4) is 5.75 Å². The van der Waals surface area contributed by atoms with Crippen molar-refractivity contribution < 1.29 is 17.5 Å². The second-order valence-electron chi connectivity index (χ2n) is 4.69. The van der Waals surface area contributed by atoms with E-state index in [1.165, 1.54) is 38.4 Å². The Labute approximate surface area is 134 Å². The molecule has 0 aliphatic carbocycles. The highest BCUT2D eigenvalue weighted by molar-refractivity contribution is 7.89. The molecule has 7 heteroatoms. The van der Waals surface area contributed by atoms with E-state index in [4.69, 9.17) is 16.3 Å². The van der Waals surface area contributed by atoms with Crippen LogP contribution < -0.4 is 4.74 Å². The smallest absolute Gasteiger partial charge is 0.243 e. The van der Waals surface area contributed by atoms with Crippen molar-refractivity contribution >= 4 is 21.6 Å². The van der Waals surface area contributed by atoms with Crippen LogP contribution >= 0.6 is 11.6 Å². The lowest BCUT2D eigenvalue weighted by molar-refractivity contribution is 0.385. The van der Waals surface area contributed by atoms with Gasteiger partial charge in [-0.05, 0) is 35.9 Å². The van der Waals surface area contributed by atoms with Crippen LogP contribution in [0, 0.1) is 5.82 Å². The lowest BCUT2D eigenvalue weighted by Gasteiger charge is -2.17. The van der Waals surface area contributed by atoms with Gasteiger partial charge >= 0.3 is 0 Å². The average molecular weight is 344 g/mol. The summed E-state index contributed by atoms with van der Waals surface area (Å²) in [6.07, 6.45) is 0. The molecule has 22 heavy (non-hydrogen) atoms. The molecule has 0 fully saturated rings. The summed E-state index contributed by atoms with van der Waals surface area (Å²) in [6, 6.07) is 10.3. The molecular weight excluding hydrogens is 329 g/mol. The summed E-state index contributed by atoms with van der Waals surface area (Å²) in [5, 5.41) is 0.338. The summed E-state index contributed by atoms with van der Waals surface area (Å²) in [5.41, 5.74) is 0.520. The molecule has 2 aromatic rings. The van der Waals surface area contributed by atoms with E-state index in [1.807, 2.05) is 0 Å². The van der Waals surface area contributed by atoms with E-state index in [2.05, 4.69) is 0 Å². The van der Waals surface area contributed by atoms with Gasteiger partial charge in [0, 0.05) is 18.6 Å². The summed E-state index contributed by atoms with van der Waals surface area (Å²) in [5.74, 6) is -0.419. The lowest BCUT2D eigenvalue weighted by Crippen LogP contribution is -2.26. The molecule has 2 aromatic carbocycles. The number of hydrogen-bond donors (Lipinski definition) is 0. The highest BCUT2D eigenvalue weighted by Gasteiger charge is 2.21. The first kappa shape index (κ1) is 16.7. The van der Waals surface area contributed by atoms with E-state index >= 15 is 0 Å². The average Bonchev–Trinajstić information content (AvgIpc) is 2.47. The number of methoxy groups -OCH3 is 1. The molecule has 0 spiro atoms. The van der Waals surface area contributed by atoms with Crippen LogP contribution in [0.1, 0.15) is 5.56 Å². The first-order valence-corrected chi connectivity index (χ1v) is 8.20. The molecule has 0 aliphatic heterocycles. The zero-order chi connectivity index (χ0) is 16.3. The highest BCUT2D eigenvalue weighted by Crippen LogP contribution is 2.22. The molecule has 0 bridgehead atoms. The predicted molar refractivity (Wildman–Crippen MR) is 83.1 cm³/mol. The Morgan fingerprint density at radius 3 is 2.55 bits per heavy atom. The largest absolute Gasteiger partial charge is 0.494 e. The second kappa shape index (κ2) is 6.64. The summed E-state index contributed by atoms with van der Waals surface area (Å²) < 4.78 is 44.5. The highest BCUT2D eigenvalue weighted by atomic mass is 35.5. The van der Waals surface area contributed by atoms with Crippen molar-refractivity contribution in [2.75, 3.05) is 14.2 Å². The van der Waals surface area contributed by atoms with Crippen molar-refractivity contribution in [1.82, 2.24) is 4.31 Å². The van der Waals surface area contributed by atoms with Gasteiger partial charge in [-0.3, -0.25) is 0 Å². The van der Waals surface area contributed by atoms with Crippen molar-refractivity contribution in [1.29, 1.82) is 0 Å². The van der Waals surface area contributed by atoms with Gasteiger partial charge in [0.25, 0.3) is 0 Å². The fraction of sp³-hybridized carbons (Fsp3) is 0.200. The van der Waals surface area contributed by atoms with Crippen molar-refractivity contribution in [2.24, 2.45) is 0 Å². The minimum atomic E-state index is -3.69. The van der Waals surface area contributed by atoms with Gasteiger partial charge in [0.15, 0.2) is 11.6 Å². The van der Waals surface area contributed by atoms with Crippen LogP contribution in [0.5, 0.6) is 5.75 Å². The van der Waals surface area contributed by atoms with Crippen molar-refractivity contribution in [2.45, 2.75) is 11.4 Å². The Morgan fingerprint density at radius 1 is 1.23 bits per heavy atom. The minimum Gasteiger partial charge on any atom is -0.494 e. The molecule has 0 saturated heterocycles. The zero-order valence-electron chi connectivity index (χ0n) is 12.1. The summed E-state index contributed by atoms with van der Waals surface area (Å²) in [6.45, 7) is 0.0375. The molecule has 0 atom stereocenters. The molecule has 0 aliphatic rings. The van der Waals surface area contributed by atoms with Crippen LogP contribution in [-0.4, -0.2) is 26.9 Å². The Hall–Kier alpha value is -1.63. The molecule has 4 nitrogen and oxygen atoms in total. The fourth-order valence-electron chi connectivity index (χ4n) is 1.96. The van der Waals surface area contributed by atoms with E-state index in [0.29, 0.717) is 10.6 Å². The topological polar surface area (TPSA) is 46.6 Å². The van der Waals surface area contributed by atoms with Crippen LogP contribution in [-0.2, 0) is 16.6 Å². The Morgan fingerprint density at radius 2 is 1.95 bits per heavy atom. The summed E-state index contributed by atoms with van der Waals surface area (Å²) in [7, 11) is -0.895. The third-order valence-electron chi connectivity index (χ3n) is 3.13. The zero-order valence-corrected chi connectivity index (χ0v) is 13.7. The van der Waals surface area contributed by atoms with Crippen LogP contribution in [0.2, 0.25) is 5.02 Å². The van der Waals surface area contributed by atoms with Gasteiger partial charge in [-0.25, -0.2) is 12.8 Å². The molecule has 0 heterocycles. The van der Waals surface area contributed by atoms with Crippen LogP contribution in [0.3, 0.4) is 0 Å². The Kier molecular flexibility index (Phi) is 5.05. The first-order valence-electron chi connectivity index (χ1n) is 6.39. The first-order chi connectivity index (χ1) is 10.3. The van der Waals surface area contributed by atoms with Crippen LogP contribution in [0.25, 0.3) is 0 Å². The predicted octanol–water partition coefficient (Wildman–Crippen LogP) is 3.31. The van der Waals surface area contributed by atoms with Gasteiger partial charge in [-0.1, -0.05) is 23.7 Å². The summed E-state index contributed by atoms with van der Waals surface area (Å²) in [4.78, 5) is 0.0940. The molecule has 0 aromatic heterocycles. The summed E-state index contributed by atoms with van der Waals surface area (Å²) >= 11 is 5.82. The standard InChI is InChI=1S/C15H15ClFNO3S/c1-18(10-11-6-7-15(21-2)14(17)8-11)22(19,20)13-5-3-4-12(16)9-13/h3-9H,10H2,1-2H3. The monoisotopic (exact) mass is 343 g/mol. The van der Waals surface area contributed by atoms with Gasteiger partial charge in [0.2, 0.25) is 10.0 Å². The minimum absolute atomic E-state index is 0.0375. The SMILES string of the molecule is COc1ccc(CN(C)S(=O)(=O)c2cccc(Cl)c2)cc1F. The van der Waals surface area contributed by atoms with Crippen molar-refractivity contribution in [3.05, 3.63) is 58.9 Å². The maximum Gasteiger partial charge on any atom is 0.243 e. The number of halogens is 2. The van der Waals surface area contributed by atoms with E-state index in [0.717, 1.165) is 4.31 Å². The molecule has 0 radical (unpaired) electrons. The van der Waals surface area contributed by atoms with E-state index < -0.39 is 15.8 Å². The molecule has 2 rings (SSSR count). The van der Waals surface area contributed by atoms with Gasteiger partial charge in [0.05, 0.1) is 12.0 Å². The lowest BCUT2D eigenvalue weighted by atomic mass is 10.2. The molecule has 0 amide bonds. The second-order valence-corrected chi connectivity index (χ2v) is 7.17. The van der Waals surface area contributed by atoms with E-state index in [-0.39, 0.29) is 17.2 Å². The number of sulfonamides is 1. The van der Waals surface area contributed by atoms with E-state index in [9.17, 15) is 12.8 Å². The van der Waals surface area contributed by atoms with Crippen molar-refractivity contribution in [3.63, 3.8) is 0 Å². The van der Waals surface area contributed by atoms with Crippen LogP contribution in [0.15, 0.2) is 47.4 Å².